The van der Waals surface area contributed by atoms with Crippen molar-refractivity contribution in [2.75, 3.05) is 6.61 Å². The van der Waals surface area contributed by atoms with Crippen LogP contribution in [0.25, 0.3) is 0 Å². The number of esters is 2. The molecule has 0 bridgehead atoms. The SMILES string of the molecule is O=C1O[C@H]([C@@H](O)COC(=O)c2ccccc2)C(O)=C1O. The van der Waals surface area contributed by atoms with Crippen LogP contribution >= 0.6 is 0 Å². The molecule has 1 heterocycles. The third-order valence-corrected chi connectivity index (χ3v) is 2.68. The molecule has 2 atom stereocenters. The van der Waals surface area contributed by atoms with E-state index in [-0.39, 0.29) is 0 Å². The largest absolute Gasteiger partial charge is 0.505 e. The van der Waals surface area contributed by atoms with E-state index in [1.165, 1.54) is 12.1 Å². The van der Waals surface area contributed by atoms with Crippen molar-refractivity contribution in [2.45, 2.75) is 12.2 Å². The van der Waals surface area contributed by atoms with E-state index >= 15 is 0 Å². The monoisotopic (exact) mass is 280 g/mol. The number of benzene rings is 1. The normalized spacial score (nSPS) is 19.6. The Morgan fingerprint density at radius 1 is 1.30 bits per heavy atom. The maximum atomic E-state index is 11.6. The minimum atomic E-state index is -1.48. The van der Waals surface area contributed by atoms with E-state index in [1.54, 1.807) is 18.2 Å². The zero-order chi connectivity index (χ0) is 14.7. The number of rotatable bonds is 4. The van der Waals surface area contributed by atoms with Gasteiger partial charge in [-0.2, -0.15) is 0 Å². The van der Waals surface area contributed by atoms with Gasteiger partial charge in [0, 0.05) is 0 Å². The van der Waals surface area contributed by atoms with Gasteiger partial charge in [0.1, 0.15) is 12.7 Å². The van der Waals surface area contributed by atoms with Gasteiger partial charge < -0.3 is 24.8 Å². The van der Waals surface area contributed by atoms with Crippen LogP contribution in [0.4, 0.5) is 0 Å². The van der Waals surface area contributed by atoms with Crippen molar-refractivity contribution in [3.8, 4) is 0 Å². The molecular weight excluding hydrogens is 268 g/mol. The zero-order valence-corrected chi connectivity index (χ0v) is 10.2. The Hall–Kier alpha value is -2.54. The predicted octanol–water partition coefficient (Wildman–Crippen LogP) is 0.457. The summed E-state index contributed by atoms with van der Waals surface area (Å²) in [6.07, 6.45) is -2.91. The molecule has 7 nitrogen and oxygen atoms in total. The number of hydrogen-bond donors (Lipinski definition) is 3. The first-order valence-electron chi connectivity index (χ1n) is 5.74. The fourth-order valence-corrected chi connectivity index (χ4v) is 1.63. The topological polar surface area (TPSA) is 113 Å². The second-order valence-electron chi connectivity index (χ2n) is 4.09. The Morgan fingerprint density at radius 2 is 1.95 bits per heavy atom. The lowest BCUT2D eigenvalue weighted by Crippen LogP contribution is -2.33. The van der Waals surface area contributed by atoms with E-state index in [0.29, 0.717) is 5.56 Å². The molecule has 0 spiro atoms. The second-order valence-corrected chi connectivity index (χ2v) is 4.09. The van der Waals surface area contributed by atoms with Crippen molar-refractivity contribution >= 4 is 11.9 Å². The molecule has 1 aromatic rings. The Labute approximate surface area is 113 Å². The average molecular weight is 280 g/mol. The van der Waals surface area contributed by atoms with Crippen molar-refractivity contribution in [1.29, 1.82) is 0 Å². The summed E-state index contributed by atoms with van der Waals surface area (Å²) in [6, 6.07) is 8.10. The first-order chi connectivity index (χ1) is 9.50. The first-order valence-corrected chi connectivity index (χ1v) is 5.74. The van der Waals surface area contributed by atoms with Crippen LogP contribution in [0.2, 0.25) is 0 Å². The molecule has 0 saturated carbocycles. The van der Waals surface area contributed by atoms with Crippen LogP contribution in [-0.4, -0.2) is 46.1 Å². The van der Waals surface area contributed by atoms with Crippen molar-refractivity contribution in [1.82, 2.24) is 0 Å². The van der Waals surface area contributed by atoms with E-state index in [2.05, 4.69) is 4.74 Å². The number of ether oxygens (including phenoxy) is 2. The lowest BCUT2D eigenvalue weighted by atomic mass is 10.2. The number of aliphatic hydroxyl groups excluding tert-OH is 3. The molecule has 2 rings (SSSR count). The Bertz CT molecular complexity index is 549. The van der Waals surface area contributed by atoms with Crippen LogP contribution < -0.4 is 0 Å². The van der Waals surface area contributed by atoms with Crippen molar-refractivity contribution in [2.24, 2.45) is 0 Å². The third-order valence-electron chi connectivity index (χ3n) is 2.68. The van der Waals surface area contributed by atoms with Crippen LogP contribution in [0, 0.1) is 0 Å². The molecule has 1 aliphatic heterocycles. The molecule has 0 aliphatic carbocycles. The highest BCUT2D eigenvalue weighted by Crippen LogP contribution is 2.21. The molecule has 3 N–H and O–H groups in total. The van der Waals surface area contributed by atoms with E-state index in [9.17, 15) is 19.8 Å². The molecule has 7 heteroatoms. The molecule has 1 aliphatic rings. The lowest BCUT2D eigenvalue weighted by molar-refractivity contribution is -0.147. The van der Waals surface area contributed by atoms with Gasteiger partial charge in [-0.1, -0.05) is 18.2 Å². The molecule has 20 heavy (non-hydrogen) atoms. The molecule has 0 fully saturated rings. The summed E-state index contributed by atoms with van der Waals surface area (Å²) in [7, 11) is 0. The van der Waals surface area contributed by atoms with Crippen LogP contribution in [-0.2, 0) is 14.3 Å². The number of carbonyl (C=O) groups excluding carboxylic acids is 2. The van der Waals surface area contributed by atoms with Gasteiger partial charge in [-0.15, -0.1) is 0 Å². The maximum Gasteiger partial charge on any atom is 0.377 e. The standard InChI is InChI=1S/C13H12O7/c14-8(11-9(15)10(16)13(18)20-11)6-19-12(17)7-4-2-1-3-5-7/h1-5,8,11,14-16H,6H2/t8-,11+/m0/s1. The molecule has 0 aromatic heterocycles. The summed E-state index contributed by atoms with van der Waals surface area (Å²) in [5.74, 6) is -3.54. The molecule has 106 valence electrons. The number of aliphatic hydroxyl groups is 3. The average Bonchev–Trinajstić information content (AvgIpc) is 2.73. The Morgan fingerprint density at radius 3 is 2.50 bits per heavy atom. The van der Waals surface area contributed by atoms with E-state index in [0.717, 1.165) is 0 Å². The summed E-state index contributed by atoms with van der Waals surface area (Å²) >= 11 is 0. The number of cyclic esters (lactones) is 1. The Balaban J connectivity index is 1.92. The molecule has 1 aromatic carbocycles. The lowest BCUT2D eigenvalue weighted by Gasteiger charge is -2.17. The maximum absolute atomic E-state index is 11.6. The molecule has 0 saturated heterocycles. The minimum absolute atomic E-state index is 0.297. The van der Waals surface area contributed by atoms with Gasteiger partial charge in [-0.05, 0) is 12.1 Å². The van der Waals surface area contributed by atoms with Gasteiger partial charge >= 0.3 is 11.9 Å². The van der Waals surface area contributed by atoms with Crippen LogP contribution in [0.3, 0.4) is 0 Å². The summed E-state index contributed by atoms with van der Waals surface area (Å²) in [4.78, 5) is 22.6. The fraction of sp³-hybridized carbons (Fsp3) is 0.231. The van der Waals surface area contributed by atoms with Crippen LogP contribution in [0.15, 0.2) is 41.9 Å². The number of hydrogen-bond acceptors (Lipinski definition) is 7. The van der Waals surface area contributed by atoms with Crippen molar-refractivity contribution < 1.29 is 34.4 Å². The highest BCUT2D eigenvalue weighted by molar-refractivity contribution is 5.89. The molecule has 0 amide bonds. The quantitative estimate of drug-likeness (QED) is 0.686. The van der Waals surface area contributed by atoms with Gasteiger partial charge in [0.25, 0.3) is 0 Å². The van der Waals surface area contributed by atoms with E-state index < -0.39 is 42.3 Å². The first kappa shape index (κ1) is 13.9. The zero-order valence-electron chi connectivity index (χ0n) is 10.2. The van der Waals surface area contributed by atoms with Crippen molar-refractivity contribution in [3.05, 3.63) is 47.4 Å². The van der Waals surface area contributed by atoms with Gasteiger partial charge in [0.2, 0.25) is 5.76 Å². The summed E-state index contributed by atoms with van der Waals surface area (Å²) in [6.45, 7) is -0.497. The molecular formula is C13H12O7. The van der Waals surface area contributed by atoms with Gasteiger partial charge in [0.05, 0.1) is 5.56 Å². The highest BCUT2D eigenvalue weighted by atomic mass is 16.6. The fourth-order valence-electron chi connectivity index (χ4n) is 1.63. The van der Waals surface area contributed by atoms with E-state index in [1.807, 2.05) is 0 Å². The third kappa shape index (κ3) is 2.72. The smallest absolute Gasteiger partial charge is 0.377 e. The summed E-state index contributed by atoms with van der Waals surface area (Å²) in [5, 5.41) is 28.1. The van der Waals surface area contributed by atoms with E-state index in [4.69, 9.17) is 9.84 Å². The summed E-state index contributed by atoms with van der Waals surface area (Å²) < 4.78 is 9.36. The second kappa shape index (κ2) is 5.62. The van der Waals surface area contributed by atoms with Gasteiger partial charge in [-0.25, -0.2) is 9.59 Å². The summed E-state index contributed by atoms with van der Waals surface area (Å²) in [5.41, 5.74) is 0.297. The van der Waals surface area contributed by atoms with Crippen LogP contribution in [0.5, 0.6) is 0 Å². The Kier molecular flexibility index (Phi) is 3.90. The predicted molar refractivity (Wildman–Crippen MR) is 64.9 cm³/mol. The molecule has 0 unspecified atom stereocenters. The number of carbonyl (C=O) groups is 2. The molecule has 0 radical (unpaired) electrons. The van der Waals surface area contributed by atoms with Crippen molar-refractivity contribution in [3.63, 3.8) is 0 Å². The van der Waals surface area contributed by atoms with Gasteiger partial charge in [0.15, 0.2) is 11.9 Å². The highest BCUT2D eigenvalue weighted by Gasteiger charge is 2.39. The van der Waals surface area contributed by atoms with Crippen LogP contribution in [0.1, 0.15) is 10.4 Å². The minimum Gasteiger partial charge on any atom is -0.505 e. The van der Waals surface area contributed by atoms with Gasteiger partial charge in [-0.3, -0.25) is 0 Å².